The summed E-state index contributed by atoms with van der Waals surface area (Å²) in [5.41, 5.74) is 6.26. The van der Waals surface area contributed by atoms with Gasteiger partial charge < -0.3 is 14.0 Å². The van der Waals surface area contributed by atoms with Gasteiger partial charge in [-0.3, -0.25) is 9.59 Å². The van der Waals surface area contributed by atoms with Crippen LogP contribution in [0.5, 0.6) is 5.75 Å². The van der Waals surface area contributed by atoms with Crippen LogP contribution in [0.25, 0.3) is 10.9 Å². The van der Waals surface area contributed by atoms with Crippen LogP contribution in [-0.2, 0) is 31.1 Å². The fraction of sp³-hybridized carbons (Fsp3) is 0.590. The quantitative estimate of drug-likeness (QED) is 0.302. The van der Waals surface area contributed by atoms with E-state index in [0.29, 0.717) is 42.2 Å². The zero-order valence-corrected chi connectivity index (χ0v) is 30.6. The van der Waals surface area contributed by atoms with Crippen molar-refractivity contribution in [2.24, 2.45) is 23.7 Å². The standard InChI is InChI=1S/C39H51N3O6S/c1-22(2)25-16-15-23(3)19-33(25)48-39(44)28-14-10-13-27-34(28)31-20-29-32(47-6)18-17-26(24-11-8-7-9-12-24)37(29)42(31)21-30-35(27)36(30)38(43)40-49(45,46)41(4)5/h10,13,17-18,20,22-25,28,33-34H,7-9,11-12,14-16,19,21H2,1-6H3,(H,40,43)/t23-,25+,28-,33?,34?/m1/s1. The summed E-state index contributed by atoms with van der Waals surface area (Å²) >= 11 is 0. The molecule has 2 fully saturated rings. The van der Waals surface area contributed by atoms with Crippen LogP contribution < -0.4 is 9.46 Å². The number of hydrogen-bond acceptors (Lipinski definition) is 6. The Morgan fingerprint density at radius 3 is 2.51 bits per heavy atom. The molecular weight excluding hydrogens is 639 g/mol. The molecule has 0 bridgehead atoms. The number of amides is 1. The van der Waals surface area contributed by atoms with Crippen molar-refractivity contribution in [3.63, 3.8) is 0 Å². The average Bonchev–Trinajstić information content (AvgIpc) is 3.70. The molecule has 2 aromatic rings. The normalized spacial score (nSPS) is 27.1. The van der Waals surface area contributed by atoms with Gasteiger partial charge in [0.05, 0.1) is 24.1 Å². The number of nitrogens with one attached hydrogen (secondary N) is 1. The minimum Gasteiger partial charge on any atom is -0.496 e. The van der Waals surface area contributed by atoms with Crippen molar-refractivity contribution in [1.82, 2.24) is 13.6 Å². The van der Waals surface area contributed by atoms with E-state index in [0.717, 1.165) is 75.5 Å². The summed E-state index contributed by atoms with van der Waals surface area (Å²) in [6.45, 7) is 7.10. The van der Waals surface area contributed by atoms with Gasteiger partial charge >= 0.3 is 16.2 Å². The van der Waals surface area contributed by atoms with E-state index in [1.54, 1.807) is 7.11 Å². The lowest BCUT2D eigenvalue weighted by Gasteiger charge is -2.38. The van der Waals surface area contributed by atoms with Gasteiger partial charge in [-0.05, 0) is 90.2 Å². The largest absolute Gasteiger partial charge is 0.496 e. The van der Waals surface area contributed by atoms with E-state index in [1.807, 2.05) is 12.2 Å². The maximum Gasteiger partial charge on any atom is 0.310 e. The molecule has 2 saturated carbocycles. The molecule has 264 valence electrons. The highest BCUT2D eigenvalue weighted by molar-refractivity contribution is 7.87. The smallest absolute Gasteiger partial charge is 0.310 e. The maximum absolute atomic E-state index is 14.5. The maximum atomic E-state index is 14.5. The van der Waals surface area contributed by atoms with Crippen molar-refractivity contribution in [3.8, 4) is 5.75 Å². The van der Waals surface area contributed by atoms with Gasteiger partial charge in [0.25, 0.3) is 5.91 Å². The number of esters is 1. The van der Waals surface area contributed by atoms with Crippen LogP contribution in [0.1, 0.15) is 102 Å². The molecule has 4 aliphatic carbocycles. The lowest BCUT2D eigenvalue weighted by atomic mass is 9.74. The summed E-state index contributed by atoms with van der Waals surface area (Å²) in [6.07, 6.45) is 13.4. The molecule has 2 heterocycles. The summed E-state index contributed by atoms with van der Waals surface area (Å²) in [5, 5.41) is 1.01. The topological polar surface area (TPSA) is 107 Å². The second-order valence-corrected chi connectivity index (χ2v) is 17.4. The SMILES string of the molecule is COc1ccc(C2CCCCC2)c2c1cc1n2CC2=C(C(=O)NS(=O)(=O)N(C)C)C2=C2C=CC[C@@H](C(=O)OC3C[C@H](C)CC[C@H]3C(C)C)C21. The number of hydrogen-bond donors (Lipinski definition) is 1. The molecule has 1 aromatic heterocycles. The van der Waals surface area contributed by atoms with Crippen LogP contribution in [0.3, 0.4) is 0 Å². The van der Waals surface area contributed by atoms with E-state index < -0.39 is 22.0 Å². The first-order chi connectivity index (χ1) is 23.4. The van der Waals surface area contributed by atoms with E-state index in [-0.39, 0.29) is 18.0 Å². The van der Waals surface area contributed by atoms with E-state index in [2.05, 4.69) is 48.3 Å². The molecule has 5 aliphatic rings. The first kappa shape index (κ1) is 34.1. The third-order valence-corrected chi connectivity index (χ3v) is 13.4. The summed E-state index contributed by atoms with van der Waals surface area (Å²) in [7, 11) is 0.488. The third kappa shape index (κ3) is 6.07. The van der Waals surface area contributed by atoms with Gasteiger partial charge in [-0.15, -0.1) is 0 Å². The summed E-state index contributed by atoms with van der Waals surface area (Å²) in [6, 6.07) is 6.47. The van der Waals surface area contributed by atoms with Gasteiger partial charge in [0.15, 0.2) is 0 Å². The molecule has 1 N–H and O–H groups in total. The van der Waals surface area contributed by atoms with Gasteiger partial charge in [-0.1, -0.05) is 64.7 Å². The van der Waals surface area contributed by atoms with E-state index in [9.17, 15) is 18.0 Å². The predicted octanol–water partition coefficient (Wildman–Crippen LogP) is 6.90. The molecule has 0 spiro atoms. The highest BCUT2D eigenvalue weighted by Crippen LogP contribution is 2.55. The zero-order chi connectivity index (χ0) is 34.8. The summed E-state index contributed by atoms with van der Waals surface area (Å²) in [5.74, 6) is 0.745. The lowest BCUT2D eigenvalue weighted by molar-refractivity contribution is -0.161. The number of benzene rings is 1. The van der Waals surface area contributed by atoms with Crippen LogP contribution in [0, 0.1) is 23.7 Å². The van der Waals surface area contributed by atoms with Crippen molar-refractivity contribution < 1.29 is 27.5 Å². The molecule has 5 atom stereocenters. The predicted molar refractivity (Wildman–Crippen MR) is 190 cm³/mol. The third-order valence-electron chi connectivity index (χ3n) is 11.9. The molecule has 0 saturated heterocycles. The Morgan fingerprint density at radius 1 is 1.06 bits per heavy atom. The number of nitrogens with zero attached hydrogens (tertiary/aromatic N) is 2. The van der Waals surface area contributed by atoms with E-state index in [1.165, 1.54) is 38.9 Å². The molecule has 1 amide bonds. The average molecular weight is 690 g/mol. The number of fused-ring (bicyclic) bond motifs is 6. The molecule has 9 nitrogen and oxygen atoms in total. The van der Waals surface area contributed by atoms with Crippen LogP contribution >= 0.6 is 0 Å². The molecular formula is C39H51N3O6S. The number of ether oxygens (including phenoxy) is 2. The number of allylic oxidation sites excluding steroid dienone is 4. The minimum absolute atomic E-state index is 0.125. The second kappa shape index (κ2) is 13.1. The number of methoxy groups -OCH3 is 1. The van der Waals surface area contributed by atoms with Crippen molar-refractivity contribution in [2.45, 2.75) is 103 Å². The molecule has 49 heavy (non-hydrogen) atoms. The molecule has 1 aromatic carbocycles. The van der Waals surface area contributed by atoms with Crippen molar-refractivity contribution in [3.05, 3.63) is 63.9 Å². The highest BCUT2D eigenvalue weighted by Gasteiger charge is 2.48. The van der Waals surface area contributed by atoms with Crippen LogP contribution in [0.15, 0.2) is 52.6 Å². The number of carbonyl (C=O) groups excluding carboxylic acids is 2. The second-order valence-electron chi connectivity index (χ2n) is 15.5. The Kier molecular flexibility index (Phi) is 9.09. The first-order valence-electron chi connectivity index (χ1n) is 18.2. The van der Waals surface area contributed by atoms with Crippen molar-refractivity contribution in [2.75, 3.05) is 21.2 Å². The minimum atomic E-state index is -3.99. The number of carbonyl (C=O) groups is 2. The van der Waals surface area contributed by atoms with Gasteiger partial charge in [-0.25, -0.2) is 4.72 Å². The van der Waals surface area contributed by atoms with Gasteiger partial charge in [0.2, 0.25) is 0 Å². The van der Waals surface area contributed by atoms with Gasteiger partial charge in [0.1, 0.15) is 11.9 Å². The molecule has 0 radical (unpaired) electrons. The highest BCUT2D eigenvalue weighted by atomic mass is 32.2. The van der Waals surface area contributed by atoms with Crippen LogP contribution in [0.4, 0.5) is 0 Å². The van der Waals surface area contributed by atoms with Crippen LogP contribution in [0.2, 0.25) is 0 Å². The molecule has 2 unspecified atom stereocenters. The lowest BCUT2D eigenvalue weighted by Crippen LogP contribution is -2.39. The Hall–Kier alpha value is -3.37. The fourth-order valence-electron chi connectivity index (χ4n) is 9.24. The Bertz CT molecular complexity index is 1880. The van der Waals surface area contributed by atoms with E-state index >= 15 is 0 Å². The summed E-state index contributed by atoms with van der Waals surface area (Å²) < 4.78 is 43.5. The van der Waals surface area contributed by atoms with Gasteiger partial charge in [-0.2, -0.15) is 12.7 Å². The van der Waals surface area contributed by atoms with E-state index in [4.69, 9.17) is 9.47 Å². The number of rotatable bonds is 8. The Balaban J connectivity index is 1.37. The zero-order valence-electron chi connectivity index (χ0n) is 29.8. The monoisotopic (exact) mass is 689 g/mol. The fourth-order valence-corrected chi connectivity index (χ4v) is 9.76. The molecule has 7 rings (SSSR count). The Morgan fingerprint density at radius 2 is 1.82 bits per heavy atom. The molecule has 10 heteroatoms. The summed E-state index contributed by atoms with van der Waals surface area (Å²) in [4.78, 5) is 28.1. The van der Waals surface area contributed by atoms with Crippen molar-refractivity contribution in [1.29, 1.82) is 0 Å². The van der Waals surface area contributed by atoms with Crippen LogP contribution in [-0.4, -0.2) is 56.5 Å². The number of aromatic nitrogens is 1. The first-order valence-corrected chi connectivity index (χ1v) is 19.6. The molecule has 1 aliphatic heterocycles. The Labute approximate surface area is 291 Å². The van der Waals surface area contributed by atoms with Gasteiger partial charge in [0, 0.05) is 37.6 Å². The van der Waals surface area contributed by atoms with Crippen molar-refractivity contribution >= 4 is 33.0 Å².